The fourth-order valence-electron chi connectivity index (χ4n) is 3.85. The molecule has 0 radical (unpaired) electrons. The number of aryl methyl sites for hydroxylation is 1. The number of hydrogen-bond donors (Lipinski definition) is 1. The molecule has 0 spiro atoms. The van der Waals surface area contributed by atoms with E-state index in [4.69, 9.17) is 4.74 Å². The second-order valence-corrected chi connectivity index (χ2v) is 9.79. The molecule has 1 amide bonds. The first-order valence-electron chi connectivity index (χ1n) is 10.9. The maximum Gasteiger partial charge on any atom is 0.416 e. The predicted octanol–water partition coefficient (Wildman–Crippen LogP) is 4.13. The number of nitrogens with zero attached hydrogens (tertiary/aromatic N) is 2. The summed E-state index contributed by atoms with van der Waals surface area (Å²) in [4.78, 5) is 15.1. The van der Waals surface area contributed by atoms with Gasteiger partial charge < -0.3 is 15.0 Å². The van der Waals surface area contributed by atoms with E-state index in [2.05, 4.69) is 5.32 Å². The number of anilines is 2. The minimum Gasteiger partial charge on any atom is -0.378 e. The highest BCUT2D eigenvalue weighted by atomic mass is 32.2. The summed E-state index contributed by atoms with van der Waals surface area (Å²) in [5.74, 6) is -0.699. The Labute approximate surface area is 197 Å². The first-order valence-corrected chi connectivity index (χ1v) is 12.4. The van der Waals surface area contributed by atoms with Gasteiger partial charge in [0, 0.05) is 37.6 Å². The molecule has 1 fully saturated rings. The number of carbonyl (C=O) groups excluding carboxylic acids is 1. The van der Waals surface area contributed by atoms with Crippen molar-refractivity contribution in [2.24, 2.45) is 0 Å². The van der Waals surface area contributed by atoms with Crippen LogP contribution in [0, 0.1) is 6.92 Å². The van der Waals surface area contributed by atoms with Crippen molar-refractivity contribution in [3.8, 4) is 0 Å². The summed E-state index contributed by atoms with van der Waals surface area (Å²) in [6, 6.07) is 7.83. The number of alkyl halides is 3. The molecule has 0 aromatic heterocycles. The molecule has 1 aliphatic heterocycles. The highest BCUT2D eigenvalue weighted by Gasteiger charge is 2.33. The molecule has 7 nitrogen and oxygen atoms in total. The summed E-state index contributed by atoms with van der Waals surface area (Å²) in [5, 5.41) is 2.51. The van der Waals surface area contributed by atoms with Gasteiger partial charge in [0.15, 0.2) is 0 Å². The van der Waals surface area contributed by atoms with E-state index in [9.17, 15) is 26.4 Å². The molecule has 0 aliphatic carbocycles. The number of benzene rings is 2. The van der Waals surface area contributed by atoms with Crippen molar-refractivity contribution < 1.29 is 31.1 Å². The van der Waals surface area contributed by atoms with Crippen LogP contribution in [0.2, 0.25) is 0 Å². The van der Waals surface area contributed by atoms with Crippen LogP contribution >= 0.6 is 0 Å². The molecule has 2 aromatic rings. The van der Waals surface area contributed by atoms with Gasteiger partial charge in [-0.05, 0) is 42.8 Å². The molecule has 186 valence electrons. The third kappa shape index (κ3) is 5.53. The van der Waals surface area contributed by atoms with Crippen molar-refractivity contribution in [1.82, 2.24) is 4.31 Å². The van der Waals surface area contributed by atoms with E-state index in [1.807, 2.05) is 4.90 Å². The summed E-state index contributed by atoms with van der Waals surface area (Å²) in [6.07, 6.45) is -4.57. The molecule has 1 aliphatic rings. The first-order chi connectivity index (χ1) is 16.0. The Kier molecular flexibility index (Phi) is 7.89. The molecule has 0 saturated carbocycles. The topological polar surface area (TPSA) is 79.0 Å². The highest BCUT2D eigenvalue weighted by molar-refractivity contribution is 7.89. The van der Waals surface area contributed by atoms with Gasteiger partial charge in [0.1, 0.15) is 0 Å². The first kappa shape index (κ1) is 26.0. The number of hydrogen-bond acceptors (Lipinski definition) is 5. The summed E-state index contributed by atoms with van der Waals surface area (Å²) < 4.78 is 72.7. The monoisotopic (exact) mass is 499 g/mol. The minimum absolute atomic E-state index is 0.0341. The summed E-state index contributed by atoms with van der Waals surface area (Å²) >= 11 is 0. The minimum atomic E-state index is -4.57. The van der Waals surface area contributed by atoms with Gasteiger partial charge in [-0.2, -0.15) is 17.5 Å². The Balaban J connectivity index is 2.04. The van der Waals surface area contributed by atoms with Crippen molar-refractivity contribution in [2.75, 3.05) is 49.6 Å². The Morgan fingerprint density at radius 3 is 2.32 bits per heavy atom. The average Bonchev–Trinajstić information content (AvgIpc) is 2.80. The van der Waals surface area contributed by atoms with Gasteiger partial charge in [-0.15, -0.1) is 0 Å². The largest absolute Gasteiger partial charge is 0.416 e. The zero-order valence-corrected chi connectivity index (χ0v) is 20.1. The second-order valence-electron chi connectivity index (χ2n) is 7.85. The molecule has 1 saturated heterocycles. The van der Waals surface area contributed by atoms with Crippen molar-refractivity contribution >= 4 is 27.3 Å². The van der Waals surface area contributed by atoms with Gasteiger partial charge in [-0.1, -0.05) is 19.9 Å². The SMILES string of the molecule is CCN(CC)S(=O)(=O)c1ccc(N2CCOCC2)c(C(=O)Nc2ccc(C)c(C(F)(F)F)c2)c1. The van der Waals surface area contributed by atoms with Gasteiger partial charge in [-0.25, -0.2) is 8.42 Å². The van der Waals surface area contributed by atoms with E-state index >= 15 is 0 Å². The second kappa shape index (κ2) is 10.3. The number of morpholine rings is 1. The number of rotatable bonds is 7. The lowest BCUT2D eigenvalue weighted by Gasteiger charge is -2.30. The molecular formula is C23H28F3N3O4S. The van der Waals surface area contributed by atoms with Crippen molar-refractivity contribution in [3.63, 3.8) is 0 Å². The lowest BCUT2D eigenvalue weighted by atomic mass is 10.1. The lowest BCUT2D eigenvalue weighted by molar-refractivity contribution is -0.138. The Morgan fingerprint density at radius 1 is 1.09 bits per heavy atom. The third-order valence-corrected chi connectivity index (χ3v) is 7.75. The molecule has 34 heavy (non-hydrogen) atoms. The van der Waals surface area contributed by atoms with Crippen LogP contribution in [-0.2, 0) is 20.9 Å². The number of sulfonamides is 1. The van der Waals surface area contributed by atoms with Gasteiger partial charge in [0.2, 0.25) is 10.0 Å². The molecule has 1 heterocycles. The van der Waals surface area contributed by atoms with Crippen LogP contribution in [0.5, 0.6) is 0 Å². The van der Waals surface area contributed by atoms with E-state index in [0.29, 0.717) is 32.0 Å². The van der Waals surface area contributed by atoms with E-state index < -0.39 is 27.7 Å². The fourth-order valence-corrected chi connectivity index (χ4v) is 5.34. The number of halogens is 3. The predicted molar refractivity (Wildman–Crippen MR) is 124 cm³/mol. The van der Waals surface area contributed by atoms with Crippen molar-refractivity contribution in [1.29, 1.82) is 0 Å². The number of nitrogens with one attached hydrogen (secondary N) is 1. The molecule has 3 rings (SSSR count). The van der Waals surface area contributed by atoms with Crippen LogP contribution in [0.15, 0.2) is 41.3 Å². The van der Waals surface area contributed by atoms with Crippen LogP contribution < -0.4 is 10.2 Å². The van der Waals surface area contributed by atoms with Crippen LogP contribution in [0.3, 0.4) is 0 Å². The Morgan fingerprint density at radius 2 is 1.74 bits per heavy atom. The smallest absolute Gasteiger partial charge is 0.378 e. The molecular weight excluding hydrogens is 471 g/mol. The normalized spacial score (nSPS) is 15.0. The van der Waals surface area contributed by atoms with E-state index in [0.717, 1.165) is 6.07 Å². The maximum absolute atomic E-state index is 13.3. The van der Waals surface area contributed by atoms with Crippen LogP contribution in [0.25, 0.3) is 0 Å². The zero-order valence-electron chi connectivity index (χ0n) is 19.3. The van der Waals surface area contributed by atoms with Gasteiger partial charge in [0.25, 0.3) is 5.91 Å². The molecule has 2 aromatic carbocycles. The molecule has 11 heteroatoms. The van der Waals surface area contributed by atoms with Crippen molar-refractivity contribution in [3.05, 3.63) is 53.1 Å². The summed E-state index contributed by atoms with van der Waals surface area (Å²) in [7, 11) is -3.85. The number of carbonyl (C=O) groups is 1. The van der Waals surface area contributed by atoms with Crippen LogP contribution in [-0.4, -0.2) is 58.0 Å². The molecule has 0 bridgehead atoms. The van der Waals surface area contributed by atoms with Gasteiger partial charge >= 0.3 is 6.18 Å². The Hall–Kier alpha value is -2.63. The molecule has 0 unspecified atom stereocenters. The van der Waals surface area contributed by atoms with E-state index in [1.54, 1.807) is 19.9 Å². The zero-order chi connectivity index (χ0) is 25.1. The average molecular weight is 500 g/mol. The van der Waals surface area contributed by atoms with Crippen molar-refractivity contribution in [2.45, 2.75) is 31.8 Å². The van der Waals surface area contributed by atoms with E-state index in [-0.39, 0.29) is 34.8 Å². The summed E-state index contributed by atoms with van der Waals surface area (Å²) in [5.41, 5.74) is -0.303. The van der Waals surface area contributed by atoms with Gasteiger partial charge in [-0.3, -0.25) is 4.79 Å². The van der Waals surface area contributed by atoms with Gasteiger partial charge in [0.05, 0.1) is 29.2 Å². The molecule has 0 atom stereocenters. The van der Waals surface area contributed by atoms with E-state index in [1.165, 1.54) is 35.5 Å². The lowest BCUT2D eigenvalue weighted by Crippen LogP contribution is -2.37. The fraction of sp³-hybridized carbons (Fsp3) is 0.435. The molecule has 1 N–H and O–H groups in total. The highest BCUT2D eigenvalue weighted by Crippen LogP contribution is 2.34. The van der Waals surface area contributed by atoms with Crippen LogP contribution in [0.4, 0.5) is 24.5 Å². The quantitative estimate of drug-likeness (QED) is 0.620. The Bertz CT molecular complexity index is 1140. The number of ether oxygens (including phenoxy) is 1. The maximum atomic E-state index is 13.3. The summed E-state index contributed by atoms with van der Waals surface area (Å²) in [6.45, 7) is 7.15. The van der Waals surface area contributed by atoms with Crippen LogP contribution in [0.1, 0.15) is 35.3 Å². The standard InChI is InChI=1S/C23H28F3N3O4S/c1-4-29(5-2)34(31,32)18-8-9-21(28-10-12-33-13-11-28)19(15-18)22(30)27-17-7-6-16(3)20(14-17)23(24,25)26/h6-9,14-15H,4-5,10-13H2,1-3H3,(H,27,30). The number of amides is 1. The third-order valence-electron chi connectivity index (χ3n) is 5.71.